The summed E-state index contributed by atoms with van der Waals surface area (Å²) in [6, 6.07) is 0. The second-order valence-electron chi connectivity index (χ2n) is 0. The van der Waals surface area contributed by atoms with Gasteiger partial charge in [0.15, 0.2) is 0 Å². The molecule has 0 saturated heterocycles. The van der Waals surface area contributed by atoms with Crippen molar-refractivity contribution in [2.24, 2.45) is 0 Å². The Labute approximate surface area is 239 Å². The Balaban J connectivity index is 0. The Morgan fingerprint density at radius 3 is 0.455 bits per heavy atom. The zero-order valence-electron chi connectivity index (χ0n) is 3.75. The molecule has 0 atom stereocenters. The third-order valence-corrected chi connectivity index (χ3v) is 0. The SMILES string of the molecule is [Co].[Co].[Fe+3].[Fe+3].[La].[La].[O-2].[O-2].[O-2].[SrH2].[SrH2]. The molecule has 0 fully saturated rings. The quantitative estimate of drug-likeness (QED) is 0.254. The van der Waals surface area contributed by atoms with E-state index in [4.69, 9.17) is 0 Å². The van der Waals surface area contributed by atoms with Gasteiger partial charge >= 0.3 is 125 Å². The van der Waals surface area contributed by atoms with Gasteiger partial charge in [-0.25, -0.2) is 0 Å². The normalized spacial score (nSPS) is 0. The first-order chi connectivity index (χ1) is 0. The van der Waals surface area contributed by atoms with Crippen molar-refractivity contribution >= 4 is 91.0 Å². The summed E-state index contributed by atoms with van der Waals surface area (Å²) in [6.07, 6.45) is 0. The Kier molecular flexibility index (Phi) is 809. The molecule has 0 spiro atoms. The first kappa shape index (κ1) is 103. The fraction of sp³-hybridized carbons (Fsp3) is 0. The Hall–Kier alpha value is 7.28. The van der Waals surface area contributed by atoms with E-state index in [1.165, 1.54) is 0 Å². The van der Waals surface area contributed by atoms with Gasteiger partial charge in [-0.3, -0.25) is 0 Å². The molecule has 0 aliphatic heterocycles. The van der Waals surface area contributed by atoms with Crippen LogP contribution in [0.2, 0.25) is 0 Å². The van der Waals surface area contributed by atoms with Crippen molar-refractivity contribution in [1.29, 1.82) is 0 Å². The van der Waals surface area contributed by atoms with Gasteiger partial charge in [0.1, 0.15) is 0 Å². The van der Waals surface area contributed by atoms with E-state index in [0.29, 0.717) is 0 Å². The van der Waals surface area contributed by atoms with Crippen molar-refractivity contribution in [2.45, 2.75) is 0 Å². The summed E-state index contributed by atoms with van der Waals surface area (Å²) >= 11 is 0. The number of hydrogen-bond donors (Lipinski definition) is 0. The fourth-order valence-corrected chi connectivity index (χ4v) is 0. The molecule has 0 aromatic heterocycles. The first-order valence-corrected chi connectivity index (χ1v) is 0. The maximum atomic E-state index is 0. The molecule has 3 nitrogen and oxygen atoms in total. The van der Waals surface area contributed by atoms with Crippen molar-refractivity contribution in [2.75, 3.05) is 0 Å². The molecule has 0 amide bonds. The van der Waals surface area contributed by atoms with Gasteiger partial charge in [-0.2, -0.15) is 0 Å². The molecule has 0 aliphatic carbocycles. The van der Waals surface area contributed by atoms with Crippen molar-refractivity contribution in [1.82, 2.24) is 0 Å². The van der Waals surface area contributed by atoms with Crippen LogP contribution in [0.4, 0.5) is 0 Å². The second kappa shape index (κ2) is 86.4. The van der Waals surface area contributed by atoms with Crippen LogP contribution in [0.5, 0.6) is 0 Å². The summed E-state index contributed by atoms with van der Waals surface area (Å²) in [4.78, 5) is 0. The molecular weight excluding hydrogens is 731 g/mol. The van der Waals surface area contributed by atoms with Crippen LogP contribution in [-0.4, -0.2) is 91.0 Å². The molecule has 0 aromatic rings. The topological polar surface area (TPSA) is 85.5 Å². The number of hydrogen-bond acceptors (Lipinski definition) is 0. The van der Waals surface area contributed by atoms with Crippen LogP contribution >= 0.6 is 0 Å². The van der Waals surface area contributed by atoms with E-state index in [-0.39, 0.29) is 246 Å². The third kappa shape index (κ3) is 76.1. The zero-order valence-corrected chi connectivity index (χ0v) is 15.3. The molecule has 0 rings (SSSR count). The van der Waals surface area contributed by atoms with E-state index in [2.05, 4.69) is 0 Å². The van der Waals surface area contributed by atoms with Crippen molar-refractivity contribution in [3.63, 3.8) is 0 Å². The molecule has 0 saturated carbocycles. The van der Waals surface area contributed by atoms with Crippen LogP contribution in [0.1, 0.15) is 0 Å². The van der Waals surface area contributed by atoms with Gasteiger partial charge in [0.25, 0.3) is 0 Å². The molecule has 11 heavy (non-hydrogen) atoms. The van der Waals surface area contributed by atoms with Crippen LogP contribution in [0.15, 0.2) is 0 Å². The summed E-state index contributed by atoms with van der Waals surface area (Å²) < 4.78 is 0. The van der Waals surface area contributed by atoms with E-state index >= 15 is 0 Å². The Bertz CT molecular complexity index is 25.3. The van der Waals surface area contributed by atoms with Crippen molar-refractivity contribution in [3.8, 4) is 0 Å². The van der Waals surface area contributed by atoms with E-state index in [0.717, 1.165) is 0 Å². The molecular formula is H4Co2Fe2La2O3Sr2. The molecule has 6 radical (unpaired) electrons. The van der Waals surface area contributed by atoms with Crippen LogP contribution in [0.3, 0.4) is 0 Å². The van der Waals surface area contributed by atoms with Crippen molar-refractivity contribution < 1.29 is 155 Å². The van der Waals surface area contributed by atoms with Crippen LogP contribution in [0, 0.1) is 71.2 Å². The summed E-state index contributed by atoms with van der Waals surface area (Å²) in [6.45, 7) is 0. The van der Waals surface area contributed by atoms with Gasteiger partial charge < -0.3 is 16.4 Å². The summed E-state index contributed by atoms with van der Waals surface area (Å²) in [7, 11) is 0. The first-order valence-electron chi connectivity index (χ1n) is 0. The van der Waals surface area contributed by atoms with Gasteiger partial charge in [0, 0.05) is 105 Å². The average molecular weight is 735 g/mol. The minimum absolute atomic E-state index is 0. The Morgan fingerprint density at radius 2 is 0.455 bits per heavy atom. The summed E-state index contributed by atoms with van der Waals surface area (Å²) in [5.41, 5.74) is 0. The fourth-order valence-electron chi connectivity index (χ4n) is 0. The monoisotopic (exact) mass is 735 g/mol. The summed E-state index contributed by atoms with van der Waals surface area (Å²) in [5.74, 6) is 0. The molecule has 0 bridgehead atoms. The standard InChI is InChI=1S/2Co.2Fe.2La.3O.2Sr.4H/q;;2*+3;;;3*-2;;;;;;. The molecule has 0 heterocycles. The average Bonchev–Trinajstić information content (AvgIpc) is 0. The Morgan fingerprint density at radius 1 is 0.455 bits per heavy atom. The predicted molar refractivity (Wildman–Crippen MR) is 19.1 cm³/mol. The minimum atomic E-state index is 0. The predicted octanol–water partition coefficient (Wildman–Crippen LogP) is -2.20. The van der Waals surface area contributed by atoms with E-state index in [9.17, 15) is 0 Å². The van der Waals surface area contributed by atoms with E-state index in [1.54, 1.807) is 0 Å². The molecule has 11 heteroatoms. The van der Waals surface area contributed by atoms with Gasteiger partial charge in [-0.05, 0) is 0 Å². The van der Waals surface area contributed by atoms with E-state index < -0.39 is 0 Å². The van der Waals surface area contributed by atoms with Gasteiger partial charge in [0.05, 0.1) is 0 Å². The van der Waals surface area contributed by atoms with Crippen LogP contribution < -0.4 is 0 Å². The van der Waals surface area contributed by atoms with Gasteiger partial charge in [0.2, 0.25) is 0 Å². The maximum absolute atomic E-state index is 0. The van der Waals surface area contributed by atoms with E-state index in [1.807, 2.05) is 0 Å². The molecule has 0 N–H and O–H groups in total. The van der Waals surface area contributed by atoms with Crippen molar-refractivity contribution in [3.05, 3.63) is 0 Å². The molecule has 0 aromatic carbocycles. The van der Waals surface area contributed by atoms with Gasteiger partial charge in [-0.1, -0.05) is 0 Å². The molecule has 0 unspecified atom stereocenters. The van der Waals surface area contributed by atoms with Gasteiger partial charge in [-0.15, -0.1) is 0 Å². The zero-order chi connectivity index (χ0) is 0. The molecule has 66 valence electrons. The second-order valence-corrected chi connectivity index (χ2v) is 0. The summed E-state index contributed by atoms with van der Waals surface area (Å²) in [5, 5.41) is 0. The van der Waals surface area contributed by atoms with Crippen LogP contribution in [0.25, 0.3) is 0 Å². The van der Waals surface area contributed by atoms with Crippen LogP contribution in [-0.2, 0) is 84.1 Å². The number of rotatable bonds is 0. The molecule has 0 aliphatic rings. The third-order valence-electron chi connectivity index (χ3n) is 0.